The van der Waals surface area contributed by atoms with Crippen LogP contribution in [0.1, 0.15) is 15.9 Å². The first-order chi connectivity index (χ1) is 10.2. The summed E-state index contributed by atoms with van der Waals surface area (Å²) in [5, 5.41) is 11.8. The molecule has 0 saturated heterocycles. The van der Waals surface area contributed by atoms with E-state index >= 15 is 0 Å². The molecule has 0 aliphatic rings. The molecular weight excluding hydrogens is 268 g/mol. The van der Waals surface area contributed by atoms with Crippen molar-refractivity contribution in [2.75, 3.05) is 19.5 Å². The van der Waals surface area contributed by atoms with Gasteiger partial charge in [0.25, 0.3) is 5.91 Å². The predicted octanol–water partition coefficient (Wildman–Crippen LogP) is 2.83. The Morgan fingerprint density at radius 2 is 1.81 bits per heavy atom. The van der Waals surface area contributed by atoms with Crippen molar-refractivity contribution in [2.45, 2.75) is 0 Å². The van der Waals surface area contributed by atoms with Crippen LogP contribution in [0.2, 0.25) is 0 Å². The monoisotopic (exact) mass is 282 g/mol. The number of nitrogens with zero attached hydrogens (tertiary/aromatic N) is 1. The molecule has 0 atom stereocenters. The van der Waals surface area contributed by atoms with Gasteiger partial charge in [0.1, 0.15) is 23.3 Å². The molecule has 0 aliphatic carbocycles. The van der Waals surface area contributed by atoms with Gasteiger partial charge in [-0.3, -0.25) is 4.79 Å². The highest BCUT2D eigenvalue weighted by Crippen LogP contribution is 2.28. The van der Waals surface area contributed by atoms with Gasteiger partial charge < -0.3 is 14.8 Å². The van der Waals surface area contributed by atoms with Crippen LogP contribution in [0.15, 0.2) is 42.5 Å². The van der Waals surface area contributed by atoms with E-state index in [2.05, 4.69) is 5.32 Å². The first-order valence-electron chi connectivity index (χ1n) is 6.22. The lowest BCUT2D eigenvalue weighted by atomic mass is 10.1. The second kappa shape index (κ2) is 6.44. The van der Waals surface area contributed by atoms with E-state index < -0.39 is 0 Å². The number of benzene rings is 2. The molecule has 2 aromatic rings. The maximum absolute atomic E-state index is 12.2. The van der Waals surface area contributed by atoms with Crippen molar-refractivity contribution in [1.29, 1.82) is 5.26 Å². The molecule has 0 aliphatic heterocycles. The normalized spacial score (nSPS) is 9.57. The number of nitrogens with one attached hydrogen (secondary N) is 1. The Bertz CT molecular complexity index is 688. The summed E-state index contributed by atoms with van der Waals surface area (Å²) in [6.45, 7) is 0. The Morgan fingerprint density at radius 3 is 2.38 bits per heavy atom. The molecule has 1 amide bonds. The van der Waals surface area contributed by atoms with Crippen LogP contribution in [-0.2, 0) is 0 Å². The van der Waals surface area contributed by atoms with Crippen molar-refractivity contribution < 1.29 is 14.3 Å². The van der Waals surface area contributed by atoms with Crippen LogP contribution in [0, 0.1) is 11.3 Å². The number of hydrogen-bond acceptors (Lipinski definition) is 4. The number of ether oxygens (including phenoxy) is 2. The van der Waals surface area contributed by atoms with Gasteiger partial charge in [-0.1, -0.05) is 6.07 Å². The van der Waals surface area contributed by atoms with E-state index in [-0.39, 0.29) is 5.91 Å². The standard InChI is InChI=1S/C16H14N2O3/c1-20-13-8-6-11(7-9-13)16(19)18-15-12(10-17)4-3-5-14(15)21-2/h3-9H,1-2H3,(H,18,19). The van der Waals surface area contributed by atoms with Gasteiger partial charge in [0.15, 0.2) is 0 Å². The number of amides is 1. The van der Waals surface area contributed by atoms with E-state index in [9.17, 15) is 4.79 Å². The Labute approximate surface area is 122 Å². The Balaban J connectivity index is 2.29. The fraction of sp³-hybridized carbons (Fsp3) is 0.125. The van der Waals surface area contributed by atoms with Crippen molar-refractivity contribution in [2.24, 2.45) is 0 Å². The van der Waals surface area contributed by atoms with Crippen molar-refractivity contribution >= 4 is 11.6 Å². The number of carbonyl (C=O) groups excluding carboxylic acids is 1. The van der Waals surface area contributed by atoms with Gasteiger partial charge in [0.2, 0.25) is 0 Å². The van der Waals surface area contributed by atoms with Crippen LogP contribution in [0.25, 0.3) is 0 Å². The second-order valence-electron chi connectivity index (χ2n) is 4.18. The van der Waals surface area contributed by atoms with Crippen LogP contribution < -0.4 is 14.8 Å². The van der Waals surface area contributed by atoms with E-state index in [0.29, 0.717) is 28.3 Å². The summed E-state index contributed by atoms with van der Waals surface area (Å²) < 4.78 is 10.2. The first kappa shape index (κ1) is 14.4. The largest absolute Gasteiger partial charge is 0.497 e. The average molecular weight is 282 g/mol. The molecule has 0 bridgehead atoms. The van der Waals surface area contributed by atoms with Gasteiger partial charge >= 0.3 is 0 Å². The van der Waals surface area contributed by atoms with Gasteiger partial charge in [-0.05, 0) is 36.4 Å². The minimum absolute atomic E-state index is 0.321. The topological polar surface area (TPSA) is 71.3 Å². The molecule has 2 rings (SSSR count). The fourth-order valence-corrected chi connectivity index (χ4v) is 1.85. The molecule has 2 aromatic carbocycles. The molecule has 0 aromatic heterocycles. The lowest BCUT2D eigenvalue weighted by molar-refractivity contribution is 0.102. The summed E-state index contributed by atoms with van der Waals surface area (Å²) in [6.07, 6.45) is 0. The molecule has 0 radical (unpaired) electrons. The lowest BCUT2D eigenvalue weighted by Gasteiger charge is -2.11. The minimum atomic E-state index is -0.321. The third kappa shape index (κ3) is 3.12. The van der Waals surface area contributed by atoms with Crippen molar-refractivity contribution in [3.05, 3.63) is 53.6 Å². The van der Waals surface area contributed by atoms with Crippen molar-refractivity contribution in [3.8, 4) is 17.6 Å². The van der Waals surface area contributed by atoms with Crippen molar-refractivity contribution in [1.82, 2.24) is 0 Å². The van der Waals surface area contributed by atoms with Gasteiger partial charge in [-0.15, -0.1) is 0 Å². The molecule has 0 spiro atoms. The smallest absolute Gasteiger partial charge is 0.255 e. The van der Waals surface area contributed by atoms with E-state index in [1.165, 1.54) is 7.11 Å². The molecular formula is C16H14N2O3. The number of hydrogen-bond donors (Lipinski definition) is 1. The molecule has 0 fully saturated rings. The SMILES string of the molecule is COc1ccc(C(=O)Nc2c(C#N)cccc2OC)cc1. The van der Waals surface area contributed by atoms with Gasteiger partial charge in [0, 0.05) is 5.56 Å². The summed E-state index contributed by atoms with van der Waals surface area (Å²) in [6, 6.07) is 13.7. The Kier molecular flexibility index (Phi) is 4.42. The zero-order valence-electron chi connectivity index (χ0n) is 11.7. The highest BCUT2D eigenvalue weighted by Gasteiger charge is 2.13. The third-order valence-corrected chi connectivity index (χ3v) is 2.96. The summed E-state index contributed by atoms with van der Waals surface area (Å²) in [5.41, 5.74) is 1.17. The molecule has 106 valence electrons. The van der Waals surface area contributed by atoms with Crippen LogP contribution in [0.5, 0.6) is 11.5 Å². The number of rotatable bonds is 4. The van der Waals surface area contributed by atoms with E-state index in [1.807, 2.05) is 6.07 Å². The Hall–Kier alpha value is -3.00. The van der Waals surface area contributed by atoms with Crippen LogP contribution in [0.4, 0.5) is 5.69 Å². The van der Waals surface area contributed by atoms with Crippen LogP contribution in [0.3, 0.4) is 0 Å². The quantitative estimate of drug-likeness (QED) is 0.936. The number of para-hydroxylation sites is 1. The van der Waals surface area contributed by atoms with Crippen LogP contribution in [-0.4, -0.2) is 20.1 Å². The van der Waals surface area contributed by atoms with E-state index in [4.69, 9.17) is 14.7 Å². The molecule has 0 unspecified atom stereocenters. The van der Waals surface area contributed by atoms with Gasteiger partial charge in [-0.2, -0.15) is 5.26 Å². The molecule has 0 heterocycles. The summed E-state index contributed by atoms with van der Waals surface area (Å²) >= 11 is 0. The number of anilines is 1. The number of methoxy groups -OCH3 is 2. The molecule has 1 N–H and O–H groups in total. The predicted molar refractivity (Wildman–Crippen MR) is 78.7 cm³/mol. The highest BCUT2D eigenvalue weighted by atomic mass is 16.5. The molecule has 21 heavy (non-hydrogen) atoms. The summed E-state index contributed by atoms with van der Waals surface area (Å²) in [4.78, 5) is 12.2. The second-order valence-corrected chi connectivity index (χ2v) is 4.18. The maximum atomic E-state index is 12.2. The van der Waals surface area contributed by atoms with Crippen LogP contribution >= 0.6 is 0 Å². The number of carbonyl (C=O) groups is 1. The number of nitriles is 1. The highest BCUT2D eigenvalue weighted by molar-refractivity contribution is 6.05. The lowest BCUT2D eigenvalue weighted by Crippen LogP contribution is -2.13. The summed E-state index contributed by atoms with van der Waals surface area (Å²) in [5.74, 6) is 0.788. The molecule has 5 heteroatoms. The van der Waals surface area contributed by atoms with Crippen molar-refractivity contribution in [3.63, 3.8) is 0 Å². The Morgan fingerprint density at radius 1 is 1.10 bits per heavy atom. The molecule has 5 nitrogen and oxygen atoms in total. The maximum Gasteiger partial charge on any atom is 0.255 e. The van der Waals surface area contributed by atoms with E-state index in [1.54, 1.807) is 49.6 Å². The van der Waals surface area contributed by atoms with Gasteiger partial charge in [0.05, 0.1) is 19.8 Å². The minimum Gasteiger partial charge on any atom is -0.497 e. The average Bonchev–Trinajstić information content (AvgIpc) is 2.55. The first-order valence-corrected chi connectivity index (χ1v) is 6.22. The zero-order valence-corrected chi connectivity index (χ0v) is 11.7. The molecule has 0 saturated carbocycles. The fourth-order valence-electron chi connectivity index (χ4n) is 1.85. The third-order valence-electron chi connectivity index (χ3n) is 2.96. The van der Waals surface area contributed by atoms with Gasteiger partial charge in [-0.25, -0.2) is 0 Å². The van der Waals surface area contributed by atoms with E-state index in [0.717, 1.165) is 0 Å². The zero-order chi connectivity index (χ0) is 15.2. The summed E-state index contributed by atoms with van der Waals surface area (Å²) in [7, 11) is 3.04.